The second-order valence-corrected chi connectivity index (χ2v) is 8.38. The lowest BCUT2D eigenvalue weighted by Gasteiger charge is -2.29. The van der Waals surface area contributed by atoms with Gasteiger partial charge in [0.15, 0.2) is 11.0 Å². The summed E-state index contributed by atoms with van der Waals surface area (Å²) in [7, 11) is 0. The molecular formula is C21H19N3O5S. The molecule has 154 valence electrons. The summed E-state index contributed by atoms with van der Waals surface area (Å²) in [6.07, 6.45) is -0.527. The number of ether oxygens (including phenoxy) is 1. The zero-order chi connectivity index (χ0) is 21.5. The molecule has 4 rings (SSSR count). The maximum Gasteiger partial charge on any atom is 0.344 e. The van der Waals surface area contributed by atoms with Gasteiger partial charge in [-0.25, -0.2) is 4.79 Å². The first-order valence-corrected chi connectivity index (χ1v) is 10.2. The topological polar surface area (TPSA) is 119 Å². The average molecular weight is 425 g/mol. The highest BCUT2D eigenvalue weighted by Gasteiger charge is 2.58. The molecule has 0 spiro atoms. The van der Waals surface area contributed by atoms with Crippen LogP contribution in [0.5, 0.6) is 0 Å². The molecule has 8 nitrogen and oxygen atoms in total. The molecule has 3 amide bonds. The van der Waals surface area contributed by atoms with Crippen LogP contribution in [0.15, 0.2) is 53.4 Å². The van der Waals surface area contributed by atoms with Gasteiger partial charge < -0.3 is 15.8 Å². The molecule has 0 unspecified atom stereocenters. The number of benzene rings is 2. The van der Waals surface area contributed by atoms with Crippen LogP contribution in [-0.4, -0.2) is 34.7 Å². The van der Waals surface area contributed by atoms with Crippen molar-refractivity contribution in [1.82, 2.24) is 0 Å². The first-order valence-electron chi connectivity index (χ1n) is 9.35. The summed E-state index contributed by atoms with van der Waals surface area (Å²) in [5.41, 5.74) is 6.64. The zero-order valence-electron chi connectivity index (χ0n) is 16.1. The van der Waals surface area contributed by atoms with Gasteiger partial charge in [-0.15, -0.1) is 0 Å². The maximum absolute atomic E-state index is 13.1. The number of hydrogen-bond acceptors (Lipinski definition) is 6. The van der Waals surface area contributed by atoms with Crippen LogP contribution in [0.2, 0.25) is 0 Å². The Bertz CT molecular complexity index is 1050. The Morgan fingerprint density at radius 2 is 1.87 bits per heavy atom. The largest absolute Gasteiger partial charge is 0.450 e. The van der Waals surface area contributed by atoms with E-state index in [1.54, 1.807) is 6.07 Å². The molecule has 2 aromatic rings. The summed E-state index contributed by atoms with van der Waals surface area (Å²) in [5.74, 6) is -1.86. The first kappa shape index (κ1) is 20.0. The van der Waals surface area contributed by atoms with Crippen molar-refractivity contribution in [2.75, 3.05) is 10.2 Å². The molecule has 1 fully saturated rings. The molecule has 1 saturated heterocycles. The van der Waals surface area contributed by atoms with Gasteiger partial charge in [-0.05, 0) is 43.3 Å². The van der Waals surface area contributed by atoms with Crippen molar-refractivity contribution in [2.45, 2.75) is 35.6 Å². The second kappa shape index (κ2) is 7.49. The molecular weight excluding hydrogens is 406 g/mol. The van der Waals surface area contributed by atoms with Crippen LogP contribution >= 0.6 is 11.8 Å². The lowest BCUT2D eigenvalue weighted by atomic mass is 10.2. The van der Waals surface area contributed by atoms with E-state index in [-0.39, 0.29) is 12.3 Å². The van der Waals surface area contributed by atoms with Crippen LogP contribution in [0.1, 0.15) is 30.1 Å². The molecule has 3 N–H and O–H groups in total. The van der Waals surface area contributed by atoms with Gasteiger partial charge in [-0.3, -0.25) is 19.3 Å². The van der Waals surface area contributed by atoms with Gasteiger partial charge in [0.2, 0.25) is 11.8 Å². The number of fused-ring (bicyclic) bond motifs is 3. The van der Waals surface area contributed by atoms with Crippen molar-refractivity contribution >= 4 is 46.8 Å². The number of para-hydroxylation sites is 1. The van der Waals surface area contributed by atoms with E-state index in [0.717, 1.165) is 4.90 Å². The molecule has 0 aromatic heterocycles. The van der Waals surface area contributed by atoms with E-state index in [1.807, 2.05) is 18.2 Å². The van der Waals surface area contributed by atoms with E-state index in [2.05, 4.69) is 5.32 Å². The van der Waals surface area contributed by atoms with E-state index in [1.165, 1.54) is 47.9 Å². The lowest BCUT2D eigenvalue weighted by molar-refractivity contribution is -0.155. The monoisotopic (exact) mass is 425 g/mol. The van der Waals surface area contributed by atoms with Gasteiger partial charge in [0.25, 0.3) is 5.91 Å². The lowest BCUT2D eigenvalue weighted by Crippen LogP contribution is -2.49. The zero-order valence-corrected chi connectivity index (χ0v) is 16.9. The SMILES string of the molecule is C[C@H](OC(=O)[C@]12CCC(=O)N1c1ccccc1S2)C(=O)Nc1ccc(C(N)=O)cc1. The molecule has 0 bridgehead atoms. The van der Waals surface area contributed by atoms with Crippen molar-refractivity contribution < 1.29 is 23.9 Å². The molecule has 2 atom stereocenters. The Morgan fingerprint density at radius 1 is 1.17 bits per heavy atom. The molecule has 0 saturated carbocycles. The van der Waals surface area contributed by atoms with Gasteiger partial charge in [-0.1, -0.05) is 23.9 Å². The van der Waals surface area contributed by atoms with Crippen molar-refractivity contribution in [3.8, 4) is 0 Å². The summed E-state index contributed by atoms with van der Waals surface area (Å²) in [6.45, 7) is 1.47. The minimum atomic E-state index is -1.18. The van der Waals surface area contributed by atoms with Crippen LogP contribution < -0.4 is 16.0 Å². The number of carbonyl (C=O) groups is 4. The molecule has 9 heteroatoms. The fraction of sp³-hybridized carbons (Fsp3) is 0.238. The Labute approximate surface area is 176 Å². The quantitative estimate of drug-likeness (QED) is 0.710. The Morgan fingerprint density at radius 3 is 2.57 bits per heavy atom. The van der Waals surface area contributed by atoms with E-state index in [4.69, 9.17) is 10.5 Å². The summed E-state index contributed by atoms with van der Waals surface area (Å²) < 4.78 is 5.47. The second-order valence-electron chi connectivity index (χ2n) is 7.06. The van der Waals surface area contributed by atoms with Gasteiger partial charge in [-0.2, -0.15) is 0 Å². The van der Waals surface area contributed by atoms with Crippen LogP contribution in [0.25, 0.3) is 0 Å². The maximum atomic E-state index is 13.1. The van der Waals surface area contributed by atoms with E-state index >= 15 is 0 Å². The summed E-state index contributed by atoms with van der Waals surface area (Å²) in [6, 6.07) is 13.4. The number of esters is 1. The number of carbonyl (C=O) groups excluding carboxylic acids is 4. The molecule has 30 heavy (non-hydrogen) atoms. The normalized spacial score (nSPS) is 20.3. The van der Waals surface area contributed by atoms with Crippen LogP contribution in [0.3, 0.4) is 0 Å². The third-order valence-corrected chi connectivity index (χ3v) is 6.54. The molecule has 2 aliphatic heterocycles. The number of anilines is 2. The third-order valence-electron chi connectivity index (χ3n) is 5.08. The highest BCUT2D eigenvalue weighted by Crippen LogP contribution is 2.56. The fourth-order valence-electron chi connectivity index (χ4n) is 3.54. The minimum Gasteiger partial charge on any atom is -0.450 e. The van der Waals surface area contributed by atoms with Crippen molar-refractivity contribution in [3.63, 3.8) is 0 Å². The number of nitrogens with two attached hydrogens (primary N) is 1. The number of thioether (sulfide) groups is 1. The summed E-state index contributed by atoms with van der Waals surface area (Å²) >= 11 is 1.28. The van der Waals surface area contributed by atoms with Crippen LogP contribution in [0, 0.1) is 0 Å². The third kappa shape index (κ3) is 3.30. The van der Waals surface area contributed by atoms with Crippen molar-refractivity contribution in [1.29, 1.82) is 0 Å². The van der Waals surface area contributed by atoms with Crippen LogP contribution in [0.4, 0.5) is 11.4 Å². The summed E-state index contributed by atoms with van der Waals surface area (Å²) in [4.78, 5) is 50.3. The molecule has 0 aliphatic carbocycles. The first-order chi connectivity index (χ1) is 14.3. The van der Waals surface area contributed by atoms with Crippen LogP contribution in [-0.2, 0) is 19.1 Å². The highest BCUT2D eigenvalue weighted by atomic mass is 32.2. The number of primary amides is 1. The van der Waals surface area contributed by atoms with Gasteiger partial charge in [0.05, 0.1) is 5.69 Å². The Kier molecular flexibility index (Phi) is 4.98. The minimum absolute atomic E-state index is 0.143. The predicted molar refractivity (Wildman–Crippen MR) is 111 cm³/mol. The average Bonchev–Trinajstić information content (AvgIpc) is 3.24. The van der Waals surface area contributed by atoms with E-state index in [9.17, 15) is 19.2 Å². The molecule has 2 aliphatic rings. The van der Waals surface area contributed by atoms with Gasteiger partial charge >= 0.3 is 5.97 Å². The Hall–Kier alpha value is -3.33. The smallest absolute Gasteiger partial charge is 0.344 e. The molecule has 2 aromatic carbocycles. The fourth-order valence-corrected chi connectivity index (χ4v) is 4.94. The predicted octanol–water partition coefficient (Wildman–Crippen LogP) is 2.28. The number of nitrogens with one attached hydrogen (secondary N) is 1. The van der Waals surface area contributed by atoms with Crippen molar-refractivity contribution in [2.24, 2.45) is 5.73 Å². The number of amides is 3. The molecule has 2 heterocycles. The van der Waals surface area contributed by atoms with Gasteiger partial charge in [0.1, 0.15) is 0 Å². The van der Waals surface area contributed by atoms with E-state index < -0.39 is 28.8 Å². The highest BCUT2D eigenvalue weighted by molar-refractivity contribution is 8.02. The molecule has 0 radical (unpaired) electrons. The standard InChI is InChI=1S/C21H19N3O5S/c1-12(19(27)23-14-8-6-13(7-9-14)18(22)26)29-20(28)21-11-10-17(25)24(21)15-4-2-3-5-16(15)30-21/h2-9,12H,10-11H2,1H3,(H2,22,26)(H,23,27)/t12-,21+/m0/s1. The number of nitrogens with zero attached hydrogens (tertiary/aromatic N) is 1. The van der Waals surface area contributed by atoms with Crippen molar-refractivity contribution in [3.05, 3.63) is 54.1 Å². The van der Waals surface area contributed by atoms with Gasteiger partial charge in [0, 0.05) is 29.0 Å². The number of hydrogen-bond donors (Lipinski definition) is 2. The number of rotatable bonds is 5. The summed E-state index contributed by atoms with van der Waals surface area (Å²) in [5, 5.41) is 2.63. The van der Waals surface area contributed by atoms with E-state index in [0.29, 0.717) is 23.4 Å². The Balaban J connectivity index is 1.46.